The molecule has 0 radical (unpaired) electrons. The number of urea groups is 1. The molecule has 4 nitrogen and oxygen atoms in total. The Kier molecular flexibility index (Phi) is 5.57. The Balaban J connectivity index is 1.81. The molecule has 0 unspecified atom stereocenters. The van der Waals surface area contributed by atoms with Crippen LogP contribution in [-0.4, -0.2) is 35.6 Å². The number of nitrogens with zero attached hydrogens (tertiary/aromatic N) is 1. The van der Waals surface area contributed by atoms with Gasteiger partial charge in [0.1, 0.15) is 0 Å². The van der Waals surface area contributed by atoms with Gasteiger partial charge in [0, 0.05) is 30.6 Å². The first-order valence-electron chi connectivity index (χ1n) is 6.95. The number of alkyl halides is 3. The molecular weight excluding hydrogens is 315 g/mol. The zero-order valence-corrected chi connectivity index (χ0v) is 12.7. The maximum atomic E-state index is 12.3. The Bertz CT molecular complexity index is 499. The van der Waals surface area contributed by atoms with Crippen molar-refractivity contribution >= 4 is 17.8 Å². The number of likely N-dealkylation sites (tertiary alicyclic amines) is 1. The molecule has 2 amide bonds. The van der Waals surface area contributed by atoms with Gasteiger partial charge in [-0.1, -0.05) is 12.1 Å². The van der Waals surface area contributed by atoms with Crippen molar-refractivity contribution in [2.24, 2.45) is 5.73 Å². The predicted molar refractivity (Wildman–Crippen MR) is 79.4 cm³/mol. The maximum Gasteiger partial charge on any atom is 0.446 e. The van der Waals surface area contributed by atoms with E-state index in [2.05, 4.69) is 10.2 Å². The molecule has 3 N–H and O–H groups in total. The number of benzene rings is 1. The third-order valence-corrected chi connectivity index (χ3v) is 4.24. The van der Waals surface area contributed by atoms with Crippen LogP contribution in [0, 0.1) is 0 Å². The van der Waals surface area contributed by atoms with Gasteiger partial charge >= 0.3 is 11.5 Å². The van der Waals surface area contributed by atoms with Crippen LogP contribution < -0.4 is 11.1 Å². The Labute approximate surface area is 131 Å². The smallest absolute Gasteiger partial charge is 0.352 e. The molecule has 1 fully saturated rings. The third-order valence-electron chi connectivity index (χ3n) is 3.50. The summed E-state index contributed by atoms with van der Waals surface area (Å²) in [6.45, 7) is 2.34. The number of primary amides is 1. The van der Waals surface area contributed by atoms with E-state index in [9.17, 15) is 18.0 Å². The van der Waals surface area contributed by atoms with Crippen molar-refractivity contribution < 1.29 is 18.0 Å². The van der Waals surface area contributed by atoms with Gasteiger partial charge in [0.15, 0.2) is 0 Å². The number of carbonyl (C=O) groups is 1. The molecule has 0 saturated carbocycles. The lowest BCUT2D eigenvalue weighted by Gasteiger charge is -2.32. The molecule has 22 heavy (non-hydrogen) atoms. The highest BCUT2D eigenvalue weighted by Crippen LogP contribution is 2.36. The van der Waals surface area contributed by atoms with Crippen molar-refractivity contribution in [3.05, 3.63) is 29.8 Å². The molecule has 1 aliphatic rings. The minimum Gasteiger partial charge on any atom is -0.352 e. The highest BCUT2D eigenvalue weighted by molar-refractivity contribution is 8.00. The van der Waals surface area contributed by atoms with E-state index in [0.717, 1.165) is 31.5 Å². The topological polar surface area (TPSA) is 58.4 Å². The second-order valence-corrected chi connectivity index (χ2v) is 6.39. The third kappa shape index (κ3) is 5.76. The first-order valence-corrected chi connectivity index (χ1v) is 7.76. The van der Waals surface area contributed by atoms with Crippen LogP contribution in [0.5, 0.6) is 0 Å². The monoisotopic (exact) mass is 333 g/mol. The van der Waals surface area contributed by atoms with Gasteiger partial charge in [0.05, 0.1) is 0 Å². The summed E-state index contributed by atoms with van der Waals surface area (Å²) in [4.78, 5) is 13.2. The highest BCUT2D eigenvalue weighted by Gasteiger charge is 2.29. The highest BCUT2D eigenvalue weighted by atomic mass is 32.2. The van der Waals surface area contributed by atoms with Gasteiger partial charge in [-0.3, -0.25) is 4.90 Å². The minimum absolute atomic E-state index is 0.104. The molecule has 2 rings (SSSR count). The number of halogens is 3. The second-order valence-electron chi connectivity index (χ2n) is 5.25. The Morgan fingerprint density at radius 2 is 1.86 bits per heavy atom. The zero-order valence-electron chi connectivity index (χ0n) is 11.9. The van der Waals surface area contributed by atoms with Crippen LogP contribution in [0.1, 0.15) is 18.4 Å². The van der Waals surface area contributed by atoms with E-state index in [4.69, 9.17) is 5.73 Å². The van der Waals surface area contributed by atoms with Crippen molar-refractivity contribution in [3.63, 3.8) is 0 Å². The standard InChI is InChI=1S/C14H18F3N3OS/c15-14(16,17)22-12-3-1-10(2-4-12)9-20-7-5-11(6-8-20)19-13(18)21/h1-4,11H,5-9H2,(H3,18,19,21). The summed E-state index contributed by atoms with van der Waals surface area (Å²) in [6.07, 6.45) is 1.65. The largest absolute Gasteiger partial charge is 0.446 e. The molecule has 0 bridgehead atoms. The van der Waals surface area contributed by atoms with Crippen molar-refractivity contribution in [1.29, 1.82) is 0 Å². The van der Waals surface area contributed by atoms with Crippen LogP contribution in [0.3, 0.4) is 0 Å². The minimum atomic E-state index is -4.25. The SMILES string of the molecule is NC(=O)NC1CCN(Cc2ccc(SC(F)(F)F)cc2)CC1. The first kappa shape index (κ1) is 17.0. The van der Waals surface area contributed by atoms with E-state index in [-0.39, 0.29) is 22.7 Å². The van der Waals surface area contributed by atoms with Crippen LogP contribution in [0.2, 0.25) is 0 Å². The maximum absolute atomic E-state index is 12.3. The van der Waals surface area contributed by atoms with E-state index < -0.39 is 11.5 Å². The molecule has 1 aromatic carbocycles. The average molecular weight is 333 g/mol. The number of piperidine rings is 1. The fourth-order valence-corrected chi connectivity index (χ4v) is 3.03. The van der Waals surface area contributed by atoms with Gasteiger partial charge < -0.3 is 11.1 Å². The summed E-state index contributed by atoms with van der Waals surface area (Å²) < 4.78 is 36.8. The van der Waals surface area contributed by atoms with E-state index in [1.165, 1.54) is 12.1 Å². The average Bonchev–Trinajstić information content (AvgIpc) is 2.41. The number of hydrogen-bond donors (Lipinski definition) is 2. The Morgan fingerprint density at radius 3 is 2.36 bits per heavy atom. The van der Waals surface area contributed by atoms with Gasteiger partial charge in [0.25, 0.3) is 0 Å². The number of amides is 2. The molecule has 0 aliphatic carbocycles. The van der Waals surface area contributed by atoms with E-state index in [0.29, 0.717) is 6.54 Å². The summed E-state index contributed by atoms with van der Waals surface area (Å²) in [6, 6.07) is 6.04. The molecule has 0 aromatic heterocycles. The Hall–Kier alpha value is -1.41. The molecule has 0 spiro atoms. The summed E-state index contributed by atoms with van der Waals surface area (Å²) in [5, 5.41) is 2.70. The first-order chi connectivity index (χ1) is 10.3. The van der Waals surface area contributed by atoms with Crippen LogP contribution in [0.25, 0.3) is 0 Å². The van der Waals surface area contributed by atoms with Crippen LogP contribution in [-0.2, 0) is 6.54 Å². The van der Waals surface area contributed by atoms with Crippen molar-refractivity contribution in [1.82, 2.24) is 10.2 Å². The summed E-state index contributed by atoms with van der Waals surface area (Å²) in [5.41, 5.74) is 1.82. The predicted octanol–water partition coefficient (Wildman–Crippen LogP) is 2.93. The summed E-state index contributed by atoms with van der Waals surface area (Å²) in [7, 11) is 0. The molecule has 0 atom stereocenters. The van der Waals surface area contributed by atoms with Crippen LogP contribution in [0.15, 0.2) is 29.2 Å². The normalized spacial score (nSPS) is 17.4. The lowest BCUT2D eigenvalue weighted by Crippen LogP contribution is -2.46. The molecule has 1 aromatic rings. The molecule has 1 heterocycles. The summed E-state index contributed by atoms with van der Waals surface area (Å²) >= 11 is -0.104. The lowest BCUT2D eigenvalue weighted by molar-refractivity contribution is -0.0328. The fraction of sp³-hybridized carbons (Fsp3) is 0.500. The van der Waals surface area contributed by atoms with Gasteiger partial charge in [-0.05, 0) is 42.3 Å². The van der Waals surface area contributed by atoms with Gasteiger partial charge in [-0.15, -0.1) is 0 Å². The van der Waals surface area contributed by atoms with Crippen molar-refractivity contribution in [3.8, 4) is 0 Å². The fourth-order valence-electron chi connectivity index (χ4n) is 2.49. The number of nitrogens with two attached hydrogens (primary N) is 1. The molecular formula is C14H18F3N3OS. The molecule has 122 valence electrons. The van der Waals surface area contributed by atoms with E-state index in [1.54, 1.807) is 12.1 Å². The zero-order chi connectivity index (χ0) is 16.2. The van der Waals surface area contributed by atoms with E-state index in [1.807, 2.05) is 0 Å². The lowest BCUT2D eigenvalue weighted by atomic mass is 10.0. The number of nitrogens with one attached hydrogen (secondary N) is 1. The number of hydrogen-bond acceptors (Lipinski definition) is 3. The van der Waals surface area contributed by atoms with E-state index >= 15 is 0 Å². The second kappa shape index (κ2) is 7.23. The molecule has 8 heteroatoms. The number of carbonyl (C=O) groups excluding carboxylic acids is 1. The number of rotatable bonds is 4. The molecule has 1 saturated heterocycles. The van der Waals surface area contributed by atoms with Crippen molar-refractivity contribution in [2.75, 3.05) is 13.1 Å². The van der Waals surface area contributed by atoms with Gasteiger partial charge in [-0.2, -0.15) is 13.2 Å². The Morgan fingerprint density at radius 1 is 1.27 bits per heavy atom. The van der Waals surface area contributed by atoms with Gasteiger partial charge in [-0.25, -0.2) is 4.79 Å². The van der Waals surface area contributed by atoms with Crippen molar-refractivity contribution in [2.45, 2.75) is 35.8 Å². The number of thioether (sulfide) groups is 1. The quantitative estimate of drug-likeness (QED) is 0.833. The van der Waals surface area contributed by atoms with Gasteiger partial charge in [0.2, 0.25) is 0 Å². The van der Waals surface area contributed by atoms with Crippen LogP contribution in [0.4, 0.5) is 18.0 Å². The summed E-state index contributed by atoms with van der Waals surface area (Å²) in [5.74, 6) is 0. The van der Waals surface area contributed by atoms with Crippen LogP contribution >= 0.6 is 11.8 Å². The molecule has 1 aliphatic heterocycles.